The largest absolute Gasteiger partial charge is 0.383 e. The molecule has 0 aromatic heterocycles. The van der Waals surface area contributed by atoms with Gasteiger partial charge < -0.3 is 0 Å². The number of rotatable bonds is 1. The van der Waals surface area contributed by atoms with Crippen molar-refractivity contribution in [3.8, 4) is 0 Å². The molecule has 5 heteroatoms. The van der Waals surface area contributed by atoms with Crippen LogP contribution in [0.3, 0.4) is 0 Å². The Labute approximate surface area is 73.0 Å². The van der Waals surface area contributed by atoms with E-state index in [1.807, 2.05) is 0 Å². The van der Waals surface area contributed by atoms with E-state index in [2.05, 4.69) is 0 Å². The van der Waals surface area contributed by atoms with E-state index in [9.17, 15) is 8.78 Å². The number of hydrogen-bond donors (Lipinski definition) is 0. The molecule has 0 fully saturated rings. The maximum Gasteiger partial charge on any atom is 0.383 e. The van der Waals surface area contributed by atoms with E-state index in [0.717, 1.165) is 18.2 Å². The third kappa shape index (κ3) is 2.35. The highest BCUT2D eigenvalue weighted by atomic mass is 35.5. The van der Waals surface area contributed by atoms with Crippen molar-refractivity contribution >= 4 is 33.9 Å². The molecule has 58 valence electrons. The molecule has 11 heavy (non-hydrogen) atoms. The smallest absolute Gasteiger partial charge is 0.207 e. The Balaban J connectivity index is 3.08. The third-order valence-corrected chi connectivity index (χ3v) is 1.64. The summed E-state index contributed by atoms with van der Waals surface area (Å²) in [5.74, 6) is -1.35. The van der Waals surface area contributed by atoms with Crippen LogP contribution in [0.2, 0.25) is 0 Å². The average molecular weight is 195 g/mol. The monoisotopic (exact) mass is 194 g/mol. The molecule has 0 bridgehead atoms. The Kier molecular flexibility index (Phi) is 2.74. The summed E-state index contributed by atoms with van der Waals surface area (Å²) in [6.07, 6.45) is 0. The minimum absolute atomic E-state index is 0.228. The summed E-state index contributed by atoms with van der Waals surface area (Å²) >= 11 is 10.8. The summed E-state index contributed by atoms with van der Waals surface area (Å²) in [6, 6.07) is 2.95. The molecule has 0 nitrogen and oxygen atoms in total. The molecule has 0 aliphatic heterocycles. The molecule has 0 heterocycles. The van der Waals surface area contributed by atoms with Gasteiger partial charge in [-0.05, 0) is 17.6 Å². The van der Waals surface area contributed by atoms with Gasteiger partial charge in [-0.25, -0.2) is 8.78 Å². The van der Waals surface area contributed by atoms with Gasteiger partial charge in [0.05, 0.1) is 0 Å². The van der Waals surface area contributed by atoms with E-state index >= 15 is 0 Å². The number of benzene rings is 1. The summed E-state index contributed by atoms with van der Waals surface area (Å²) in [5.41, 5.74) is -0.661. The van der Waals surface area contributed by atoms with Crippen LogP contribution in [0.5, 0.6) is 0 Å². The minimum atomic E-state index is -0.889. The molecule has 0 unspecified atom stereocenters. The summed E-state index contributed by atoms with van der Waals surface area (Å²) in [5, 5.41) is 0. The van der Waals surface area contributed by atoms with Crippen LogP contribution in [-0.4, -0.2) is 5.54 Å². The second-order valence-electron chi connectivity index (χ2n) is 2.00. The van der Waals surface area contributed by atoms with E-state index in [1.54, 1.807) is 0 Å². The molecule has 0 N–H and O–H groups in total. The van der Waals surface area contributed by atoms with E-state index in [0.29, 0.717) is 0 Å². The van der Waals surface area contributed by atoms with E-state index in [1.165, 1.54) is 0 Å². The van der Waals surface area contributed by atoms with Gasteiger partial charge in [0.25, 0.3) is 0 Å². The lowest BCUT2D eigenvalue weighted by Gasteiger charge is -1.97. The van der Waals surface area contributed by atoms with Crippen LogP contribution in [0.25, 0.3) is 0 Å². The molecule has 0 radical (unpaired) electrons. The Morgan fingerprint density at radius 1 is 1.00 bits per heavy atom. The van der Waals surface area contributed by atoms with Crippen LogP contribution >= 0.6 is 22.9 Å². The lowest BCUT2D eigenvalue weighted by molar-refractivity contribution is 0.585. The fourth-order valence-corrected chi connectivity index (χ4v) is 0.953. The molecule has 0 amide bonds. The van der Waals surface area contributed by atoms with Crippen LogP contribution in [-0.2, 0) is 0 Å². The molecule has 0 saturated carbocycles. The summed E-state index contributed by atoms with van der Waals surface area (Å²) in [4.78, 5) is 0. The standard InChI is InChI=1S/C6H3BCl2F2/c8-7(9)4-1-5(10)3-6(11)2-4/h1-3H. The van der Waals surface area contributed by atoms with Crippen LogP contribution in [0.4, 0.5) is 8.78 Å². The van der Waals surface area contributed by atoms with Crippen LogP contribution in [0, 0.1) is 11.6 Å². The molecule has 0 aliphatic carbocycles. The third-order valence-electron chi connectivity index (χ3n) is 1.14. The first-order chi connectivity index (χ1) is 5.09. The molecular weight excluding hydrogens is 192 g/mol. The minimum Gasteiger partial charge on any atom is -0.207 e. The predicted octanol–water partition coefficient (Wildman–Crippen LogP) is 2.14. The van der Waals surface area contributed by atoms with Crippen molar-refractivity contribution in [2.75, 3.05) is 0 Å². The van der Waals surface area contributed by atoms with Crippen LogP contribution < -0.4 is 5.46 Å². The Morgan fingerprint density at radius 2 is 1.45 bits per heavy atom. The van der Waals surface area contributed by atoms with Gasteiger partial charge in [-0.2, -0.15) is 22.9 Å². The maximum atomic E-state index is 12.4. The Morgan fingerprint density at radius 3 is 1.82 bits per heavy atom. The lowest BCUT2D eigenvalue weighted by atomic mass is 9.93. The van der Waals surface area contributed by atoms with Crippen molar-refractivity contribution in [2.45, 2.75) is 0 Å². The highest BCUT2D eigenvalue weighted by molar-refractivity contribution is 7.39. The molecular formula is C6H3BCl2F2. The van der Waals surface area contributed by atoms with Crippen molar-refractivity contribution < 1.29 is 8.78 Å². The topological polar surface area (TPSA) is 0 Å². The van der Waals surface area contributed by atoms with Gasteiger partial charge in [0, 0.05) is 6.07 Å². The van der Waals surface area contributed by atoms with Crippen LogP contribution in [0.1, 0.15) is 0 Å². The van der Waals surface area contributed by atoms with E-state index < -0.39 is 17.2 Å². The van der Waals surface area contributed by atoms with E-state index in [-0.39, 0.29) is 5.46 Å². The normalized spacial score (nSPS) is 9.82. The van der Waals surface area contributed by atoms with E-state index in [4.69, 9.17) is 22.9 Å². The Bertz CT molecular complexity index is 245. The quantitative estimate of drug-likeness (QED) is 0.602. The first kappa shape index (κ1) is 8.82. The highest BCUT2D eigenvalue weighted by Crippen LogP contribution is 2.03. The molecule has 1 aromatic carbocycles. The summed E-state index contributed by atoms with van der Waals surface area (Å²) < 4.78 is 24.9. The summed E-state index contributed by atoms with van der Waals surface area (Å²) in [6.45, 7) is 0. The number of hydrogen-bond acceptors (Lipinski definition) is 0. The molecule has 1 aromatic rings. The van der Waals surface area contributed by atoms with Gasteiger partial charge in [0.1, 0.15) is 11.6 Å². The first-order valence-corrected chi connectivity index (χ1v) is 3.71. The predicted molar refractivity (Wildman–Crippen MR) is 43.5 cm³/mol. The lowest BCUT2D eigenvalue weighted by Crippen LogP contribution is -2.18. The van der Waals surface area contributed by atoms with Gasteiger partial charge in [0.2, 0.25) is 0 Å². The highest BCUT2D eigenvalue weighted by Gasteiger charge is 2.11. The fourth-order valence-electron chi connectivity index (χ4n) is 0.701. The van der Waals surface area contributed by atoms with Crippen molar-refractivity contribution in [2.24, 2.45) is 0 Å². The molecule has 1 rings (SSSR count). The zero-order valence-corrected chi connectivity index (χ0v) is 6.83. The zero-order valence-electron chi connectivity index (χ0n) is 5.32. The molecule has 0 atom stereocenters. The van der Waals surface area contributed by atoms with Crippen molar-refractivity contribution in [1.82, 2.24) is 0 Å². The van der Waals surface area contributed by atoms with Crippen LogP contribution in [0.15, 0.2) is 18.2 Å². The molecule has 0 aliphatic rings. The molecule has 0 spiro atoms. The summed E-state index contributed by atoms with van der Waals surface area (Å²) in [7, 11) is 0. The van der Waals surface area contributed by atoms with Gasteiger partial charge in [-0.1, -0.05) is 0 Å². The second kappa shape index (κ2) is 3.41. The van der Waals surface area contributed by atoms with Gasteiger partial charge in [-0.15, -0.1) is 0 Å². The van der Waals surface area contributed by atoms with Gasteiger partial charge >= 0.3 is 5.54 Å². The second-order valence-corrected chi connectivity index (χ2v) is 3.10. The average Bonchev–Trinajstić information content (AvgIpc) is 1.85. The zero-order chi connectivity index (χ0) is 8.43. The van der Waals surface area contributed by atoms with Crippen molar-refractivity contribution in [3.05, 3.63) is 29.8 Å². The first-order valence-electron chi connectivity index (χ1n) is 2.84. The Hall–Kier alpha value is -0.275. The fraction of sp³-hybridized carbons (Fsp3) is 0. The SMILES string of the molecule is Fc1cc(F)cc(B(Cl)Cl)c1. The van der Waals surface area contributed by atoms with Crippen molar-refractivity contribution in [3.63, 3.8) is 0 Å². The molecule has 0 saturated heterocycles. The van der Waals surface area contributed by atoms with Gasteiger partial charge in [-0.3, -0.25) is 0 Å². The van der Waals surface area contributed by atoms with Gasteiger partial charge in [0.15, 0.2) is 0 Å². The van der Waals surface area contributed by atoms with Crippen molar-refractivity contribution in [1.29, 1.82) is 0 Å². The maximum absolute atomic E-state index is 12.4. The number of halogens is 4.